The first-order valence-corrected chi connectivity index (χ1v) is 5.74. The highest BCUT2D eigenvalue weighted by Gasteiger charge is 2.15. The van der Waals surface area contributed by atoms with Gasteiger partial charge in [0.15, 0.2) is 5.76 Å². The van der Waals surface area contributed by atoms with Crippen molar-refractivity contribution in [2.24, 2.45) is 0 Å². The number of hydrogen-bond donors (Lipinski definition) is 2. The molecule has 98 valence electrons. The molecule has 0 spiro atoms. The van der Waals surface area contributed by atoms with Gasteiger partial charge in [-0.25, -0.2) is 4.79 Å². The Labute approximate surface area is 113 Å². The van der Waals surface area contributed by atoms with Gasteiger partial charge in [-0.1, -0.05) is 17.7 Å². The maximum Gasteiger partial charge on any atom is 0.338 e. The summed E-state index contributed by atoms with van der Waals surface area (Å²) >= 11 is 5.94. The van der Waals surface area contributed by atoms with Gasteiger partial charge in [0.25, 0.3) is 5.91 Å². The lowest BCUT2D eigenvalue weighted by molar-refractivity contribution is 0.0696. The fourth-order valence-electron chi connectivity index (χ4n) is 1.49. The maximum absolute atomic E-state index is 11.9. The molecule has 0 aliphatic rings. The van der Waals surface area contributed by atoms with E-state index in [-0.39, 0.29) is 11.3 Å². The maximum atomic E-state index is 11.9. The summed E-state index contributed by atoms with van der Waals surface area (Å²) in [6, 6.07) is 6.34. The number of rotatable bonds is 3. The smallest absolute Gasteiger partial charge is 0.338 e. The van der Waals surface area contributed by atoms with E-state index >= 15 is 0 Å². The second-order valence-corrected chi connectivity index (χ2v) is 4.35. The molecular formula is C13H10ClNO4. The summed E-state index contributed by atoms with van der Waals surface area (Å²) in [6.07, 6.45) is 1.01. The fraction of sp³-hybridized carbons (Fsp3) is 0.0769. The van der Waals surface area contributed by atoms with E-state index in [0.717, 1.165) is 17.9 Å². The van der Waals surface area contributed by atoms with Crippen LogP contribution in [0.1, 0.15) is 26.5 Å². The van der Waals surface area contributed by atoms with E-state index < -0.39 is 11.9 Å². The zero-order valence-corrected chi connectivity index (χ0v) is 10.7. The van der Waals surface area contributed by atoms with Gasteiger partial charge in [0, 0.05) is 6.07 Å². The van der Waals surface area contributed by atoms with Crippen molar-refractivity contribution < 1.29 is 19.1 Å². The minimum absolute atomic E-state index is 0.0829. The van der Waals surface area contributed by atoms with Gasteiger partial charge in [-0.3, -0.25) is 4.79 Å². The second-order valence-electron chi connectivity index (χ2n) is 3.94. The molecule has 0 aliphatic heterocycles. The van der Waals surface area contributed by atoms with E-state index in [4.69, 9.17) is 21.1 Å². The number of carboxylic acid groups (broad SMARTS) is 1. The summed E-state index contributed by atoms with van der Waals surface area (Å²) in [6.45, 7) is 1.86. The zero-order valence-electron chi connectivity index (χ0n) is 9.94. The molecule has 1 heterocycles. The van der Waals surface area contributed by atoms with Crippen LogP contribution in [0.2, 0.25) is 5.02 Å². The Balaban J connectivity index is 2.20. The summed E-state index contributed by atoms with van der Waals surface area (Å²) in [5.74, 6) is -1.80. The first-order chi connectivity index (χ1) is 8.97. The highest BCUT2D eigenvalue weighted by Crippen LogP contribution is 2.23. The van der Waals surface area contributed by atoms with Crippen LogP contribution in [0.4, 0.5) is 5.69 Å². The van der Waals surface area contributed by atoms with Gasteiger partial charge >= 0.3 is 5.97 Å². The lowest BCUT2D eigenvalue weighted by Gasteiger charge is -2.06. The van der Waals surface area contributed by atoms with Crippen LogP contribution >= 0.6 is 11.6 Å². The van der Waals surface area contributed by atoms with Crippen LogP contribution in [0.15, 0.2) is 34.9 Å². The Bertz CT molecular complexity index is 648. The molecule has 0 fully saturated rings. The largest absolute Gasteiger partial charge is 0.478 e. The fourth-order valence-corrected chi connectivity index (χ4v) is 1.65. The average Bonchev–Trinajstić information content (AvgIpc) is 2.83. The summed E-state index contributed by atoms with van der Waals surface area (Å²) in [5, 5.41) is 11.7. The third-order valence-electron chi connectivity index (χ3n) is 2.44. The van der Waals surface area contributed by atoms with Crippen molar-refractivity contribution in [2.45, 2.75) is 6.92 Å². The van der Waals surface area contributed by atoms with Crippen LogP contribution in [-0.4, -0.2) is 17.0 Å². The molecule has 2 aromatic rings. The Kier molecular flexibility index (Phi) is 3.57. The number of aromatic carboxylic acids is 1. The molecule has 5 nitrogen and oxygen atoms in total. The standard InChI is InChI=1S/C13H10ClNO4/c1-7-2-3-9(14)10(4-7)15-12(16)11-5-8(6-19-11)13(17)18/h2-6H,1H3,(H,15,16)(H,17,18). The van der Waals surface area contributed by atoms with E-state index in [0.29, 0.717) is 10.7 Å². The van der Waals surface area contributed by atoms with Gasteiger partial charge in [-0.05, 0) is 24.6 Å². The summed E-state index contributed by atoms with van der Waals surface area (Å²) < 4.78 is 4.89. The summed E-state index contributed by atoms with van der Waals surface area (Å²) in [5.41, 5.74) is 1.30. The van der Waals surface area contributed by atoms with Gasteiger partial charge in [0.1, 0.15) is 6.26 Å². The van der Waals surface area contributed by atoms with Crippen LogP contribution in [0.5, 0.6) is 0 Å². The number of anilines is 1. The van der Waals surface area contributed by atoms with Crippen LogP contribution in [0, 0.1) is 6.92 Å². The molecular weight excluding hydrogens is 270 g/mol. The van der Waals surface area contributed by atoms with Crippen molar-refractivity contribution in [1.82, 2.24) is 0 Å². The summed E-state index contributed by atoms with van der Waals surface area (Å²) in [4.78, 5) is 22.5. The SMILES string of the molecule is Cc1ccc(Cl)c(NC(=O)c2cc(C(=O)O)co2)c1. The Morgan fingerprint density at radius 2 is 2.05 bits per heavy atom. The van der Waals surface area contributed by atoms with Crippen LogP contribution in [0.25, 0.3) is 0 Å². The van der Waals surface area contributed by atoms with Crippen molar-refractivity contribution in [3.63, 3.8) is 0 Å². The molecule has 6 heteroatoms. The number of amides is 1. The van der Waals surface area contributed by atoms with E-state index in [9.17, 15) is 9.59 Å². The third-order valence-corrected chi connectivity index (χ3v) is 2.77. The molecule has 0 saturated carbocycles. The Morgan fingerprint density at radius 3 is 2.68 bits per heavy atom. The monoisotopic (exact) mass is 279 g/mol. The number of aryl methyl sites for hydroxylation is 1. The molecule has 2 N–H and O–H groups in total. The van der Waals surface area contributed by atoms with Crippen molar-refractivity contribution in [3.8, 4) is 0 Å². The van der Waals surface area contributed by atoms with E-state index in [1.54, 1.807) is 12.1 Å². The van der Waals surface area contributed by atoms with Gasteiger partial charge in [0.05, 0.1) is 16.3 Å². The predicted octanol–water partition coefficient (Wildman–Crippen LogP) is 3.19. The lowest BCUT2D eigenvalue weighted by atomic mass is 10.2. The van der Waals surface area contributed by atoms with Crippen LogP contribution < -0.4 is 5.32 Å². The minimum atomic E-state index is -1.16. The molecule has 0 atom stereocenters. The molecule has 1 aromatic carbocycles. The molecule has 1 amide bonds. The number of benzene rings is 1. The lowest BCUT2D eigenvalue weighted by Crippen LogP contribution is -2.11. The molecule has 0 unspecified atom stereocenters. The highest BCUT2D eigenvalue weighted by atomic mass is 35.5. The zero-order chi connectivity index (χ0) is 14.0. The number of carbonyl (C=O) groups excluding carboxylic acids is 1. The molecule has 0 bridgehead atoms. The van der Waals surface area contributed by atoms with Crippen LogP contribution in [0.3, 0.4) is 0 Å². The van der Waals surface area contributed by atoms with Crippen molar-refractivity contribution in [2.75, 3.05) is 5.32 Å². The molecule has 0 aliphatic carbocycles. The predicted molar refractivity (Wildman–Crippen MR) is 69.8 cm³/mol. The number of hydrogen-bond acceptors (Lipinski definition) is 3. The number of furan rings is 1. The first kappa shape index (κ1) is 13.2. The highest BCUT2D eigenvalue weighted by molar-refractivity contribution is 6.33. The van der Waals surface area contributed by atoms with E-state index in [2.05, 4.69) is 5.32 Å². The summed E-state index contributed by atoms with van der Waals surface area (Å²) in [7, 11) is 0. The van der Waals surface area contributed by atoms with Crippen molar-refractivity contribution in [3.05, 3.63) is 52.4 Å². The third kappa shape index (κ3) is 2.95. The molecule has 0 radical (unpaired) electrons. The average molecular weight is 280 g/mol. The Morgan fingerprint density at radius 1 is 1.32 bits per heavy atom. The second kappa shape index (κ2) is 5.16. The number of nitrogens with one attached hydrogen (secondary N) is 1. The number of halogens is 1. The Hall–Kier alpha value is -2.27. The number of carbonyl (C=O) groups is 2. The van der Waals surface area contributed by atoms with Gasteiger partial charge in [-0.15, -0.1) is 0 Å². The van der Waals surface area contributed by atoms with Gasteiger partial charge < -0.3 is 14.8 Å². The van der Waals surface area contributed by atoms with Crippen molar-refractivity contribution in [1.29, 1.82) is 0 Å². The molecule has 1 aromatic heterocycles. The van der Waals surface area contributed by atoms with E-state index in [1.165, 1.54) is 0 Å². The van der Waals surface area contributed by atoms with Gasteiger partial charge in [-0.2, -0.15) is 0 Å². The number of carboxylic acids is 1. The van der Waals surface area contributed by atoms with Crippen LogP contribution in [-0.2, 0) is 0 Å². The molecule has 19 heavy (non-hydrogen) atoms. The minimum Gasteiger partial charge on any atom is -0.478 e. The molecule has 0 saturated heterocycles. The quantitative estimate of drug-likeness (QED) is 0.904. The van der Waals surface area contributed by atoms with E-state index in [1.807, 2.05) is 13.0 Å². The normalized spacial score (nSPS) is 10.2. The topological polar surface area (TPSA) is 79.5 Å². The first-order valence-electron chi connectivity index (χ1n) is 5.36. The molecule has 2 rings (SSSR count). The van der Waals surface area contributed by atoms with Crippen molar-refractivity contribution >= 4 is 29.2 Å². The van der Waals surface area contributed by atoms with Gasteiger partial charge in [0.2, 0.25) is 0 Å².